The van der Waals surface area contributed by atoms with E-state index in [2.05, 4.69) is 33.3 Å². The summed E-state index contributed by atoms with van der Waals surface area (Å²) < 4.78 is 80.1. The van der Waals surface area contributed by atoms with Crippen LogP contribution in [0.15, 0.2) is 17.2 Å². The van der Waals surface area contributed by atoms with E-state index in [-0.39, 0.29) is 17.0 Å². The average Bonchev–Trinajstić information content (AvgIpc) is 3.19. The molecule has 1 aliphatic heterocycles. The predicted octanol–water partition coefficient (Wildman–Crippen LogP) is 0.571. The molecule has 0 saturated carbocycles. The van der Waals surface area contributed by atoms with Crippen molar-refractivity contribution >= 4 is 34.8 Å². The Bertz CT molecular complexity index is 1330. The fraction of sp³-hybridized carbons (Fsp3) is 0.455. The summed E-state index contributed by atoms with van der Waals surface area (Å²) in [4.78, 5) is 41.5. The maximum Gasteiger partial charge on any atom is 0.490 e. The molecular weight excluding hydrogens is 553 g/mol. The molecule has 3 rings (SSSR count). The maximum atomic E-state index is 15.0. The molecule has 0 aromatic carbocycles. The van der Waals surface area contributed by atoms with Gasteiger partial charge in [0.15, 0.2) is 17.7 Å². The van der Waals surface area contributed by atoms with Gasteiger partial charge in [0, 0.05) is 4.91 Å². The minimum Gasteiger partial charge on any atom is -0.387 e. The highest BCUT2D eigenvalue weighted by molar-refractivity contribution is 7.66. The van der Waals surface area contributed by atoms with E-state index in [4.69, 9.17) is 25.8 Å². The van der Waals surface area contributed by atoms with Crippen LogP contribution in [0.3, 0.4) is 0 Å². The molecule has 7 N–H and O–H groups in total. The van der Waals surface area contributed by atoms with Crippen LogP contribution in [0, 0.1) is 6.08 Å². The number of hydrogen-bond acceptors (Lipinski definition) is 12. The zero-order valence-electron chi connectivity index (χ0n) is 16.5. The molecule has 2 aromatic heterocycles. The quantitative estimate of drug-likeness (QED) is 0.104. The molecule has 1 aliphatic rings. The predicted molar refractivity (Wildman–Crippen MR) is 104 cm³/mol. The standard InChI is InChI=1S/C11H14F2N7O12P3/c12-6-7(4-1-2-5-9(14)16-10(13)17-20(4)5)30-11(8(6)21,18-19-15)3-29-34(25,26)32-35(27,28)31-33(22,23)24/h1-2,6-8,21H,3H2,(H,25,26)(H,27,28)(H2,14,16,17)(H2,22,23,24)/t6-,7-,8-,11?/m0/s1. The van der Waals surface area contributed by atoms with Gasteiger partial charge in [0.25, 0.3) is 0 Å². The van der Waals surface area contributed by atoms with E-state index in [0.29, 0.717) is 0 Å². The summed E-state index contributed by atoms with van der Waals surface area (Å²) >= 11 is 0. The Kier molecular flexibility index (Phi) is 7.40. The lowest BCUT2D eigenvalue weighted by molar-refractivity contribution is -0.106. The summed E-state index contributed by atoms with van der Waals surface area (Å²) in [5.41, 5.74) is 11.3. The zero-order chi connectivity index (χ0) is 26.4. The van der Waals surface area contributed by atoms with E-state index in [9.17, 15) is 33.0 Å². The Morgan fingerprint density at radius 1 is 1.26 bits per heavy atom. The summed E-state index contributed by atoms with van der Waals surface area (Å²) in [6.07, 6.45) is -8.04. The van der Waals surface area contributed by atoms with E-state index in [1.54, 1.807) is 0 Å². The van der Waals surface area contributed by atoms with Crippen molar-refractivity contribution in [3.63, 3.8) is 0 Å². The lowest BCUT2D eigenvalue weighted by Gasteiger charge is -2.27. The minimum atomic E-state index is -5.90. The number of nitrogens with two attached hydrogens (primary N) is 1. The molecule has 194 valence electrons. The Morgan fingerprint density at radius 3 is 2.51 bits per heavy atom. The molecule has 0 aliphatic carbocycles. The fourth-order valence-electron chi connectivity index (χ4n) is 3.00. The second kappa shape index (κ2) is 9.42. The molecule has 3 unspecified atom stereocenters. The fourth-order valence-corrected chi connectivity index (χ4v) is 6.05. The molecule has 2 aromatic rings. The molecule has 35 heavy (non-hydrogen) atoms. The molecule has 0 radical (unpaired) electrons. The van der Waals surface area contributed by atoms with Gasteiger partial charge in [-0.1, -0.05) is 5.11 Å². The number of azide groups is 1. The highest BCUT2D eigenvalue weighted by atomic mass is 31.3. The third-order valence-corrected chi connectivity index (χ3v) is 8.06. The van der Waals surface area contributed by atoms with Crippen LogP contribution < -0.4 is 5.73 Å². The highest BCUT2D eigenvalue weighted by Crippen LogP contribution is 2.66. The van der Waals surface area contributed by atoms with Crippen molar-refractivity contribution in [1.82, 2.24) is 14.6 Å². The van der Waals surface area contributed by atoms with Crippen LogP contribution in [-0.2, 0) is 31.6 Å². The van der Waals surface area contributed by atoms with Gasteiger partial charge in [0.05, 0.1) is 12.3 Å². The van der Waals surface area contributed by atoms with Crippen LogP contribution >= 0.6 is 23.5 Å². The Balaban J connectivity index is 1.88. The van der Waals surface area contributed by atoms with Crippen LogP contribution in [-0.4, -0.2) is 63.9 Å². The van der Waals surface area contributed by atoms with Gasteiger partial charge in [-0.2, -0.15) is 18.0 Å². The van der Waals surface area contributed by atoms with Crippen molar-refractivity contribution in [2.75, 3.05) is 12.3 Å². The van der Waals surface area contributed by atoms with E-state index in [0.717, 1.165) is 10.6 Å². The molecule has 3 heterocycles. The first-order valence-corrected chi connectivity index (χ1v) is 13.2. The number of aliphatic hydroxyl groups excluding tert-OH is 1. The zero-order valence-corrected chi connectivity index (χ0v) is 19.2. The van der Waals surface area contributed by atoms with Gasteiger partial charge in [-0.25, -0.2) is 22.6 Å². The topological polar surface area (TPSA) is 294 Å². The van der Waals surface area contributed by atoms with E-state index in [1.807, 2.05) is 0 Å². The molecular formula is C11H14F2N7O12P3. The first kappa shape index (κ1) is 27.5. The largest absolute Gasteiger partial charge is 0.490 e. The molecule has 0 bridgehead atoms. The number of halogens is 2. The van der Waals surface area contributed by atoms with Crippen molar-refractivity contribution in [2.24, 2.45) is 5.11 Å². The number of nitrogens with zero attached hydrogens (tertiary/aromatic N) is 6. The number of alkyl halides is 1. The van der Waals surface area contributed by atoms with Gasteiger partial charge in [-0.3, -0.25) is 4.52 Å². The number of hydrogen-bond donors (Lipinski definition) is 6. The number of ether oxygens (including phenoxy) is 1. The average molecular weight is 567 g/mol. The number of nitrogen functional groups attached to an aromatic ring is 1. The number of aliphatic hydroxyl groups is 1. The highest BCUT2D eigenvalue weighted by Gasteiger charge is 2.57. The summed E-state index contributed by atoms with van der Waals surface area (Å²) in [6.45, 7) is -1.51. The van der Waals surface area contributed by atoms with Gasteiger partial charge in [0.1, 0.15) is 17.7 Å². The molecule has 19 nitrogen and oxygen atoms in total. The lowest BCUT2D eigenvalue weighted by Crippen LogP contribution is -2.44. The number of fused-ring (bicyclic) bond motifs is 1. The van der Waals surface area contributed by atoms with Crippen molar-refractivity contribution < 1.29 is 65.0 Å². The Hall–Kier alpha value is -2.08. The second-order valence-electron chi connectivity index (χ2n) is 6.65. The van der Waals surface area contributed by atoms with Crippen molar-refractivity contribution in [3.8, 4) is 0 Å². The van der Waals surface area contributed by atoms with Crippen LogP contribution in [0.4, 0.5) is 14.6 Å². The third kappa shape index (κ3) is 6.02. The number of rotatable bonds is 9. The Labute approximate surface area is 191 Å². The normalized spacial score (nSPS) is 28.4. The molecule has 1 fully saturated rings. The van der Waals surface area contributed by atoms with Crippen LogP contribution in [0.25, 0.3) is 16.0 Å². The van der Waals surface area contributed by atoms with Gasteiger partial charge < -0.3 is 35.2 Å². The summed E-state index contributed by atoms with van der Waals surface area (Å²) in [7, 11) is -17.3. The second-order valence-corrected chi connectivity index (χ2v) is 11.1. The minimum absolute atomic E-state index is 0.00115. The van der Waals surface area contributed by atoms with Crippen LogP contribution in [0.2, 0.25) is 0 Å². The first-order chi connectivity index (χ1) is 16.0. The van der Waals surface area contributed by atoms with Crippen molar-refractivity contribution in [1.29, 1.82) is 0 Å². The number of phosphoric acid groups is 3. The number of anilines is 1. The number of phosphoric ester groups is 1. The summed E-state index contributed by atoms with van der Waals surface area (Å²) in [5, 5.41) is 16.8. The molecule has 0 spiro atoms. The molecule has 24 heteroatoms. The van der Waals surface area contributed by atoms with Gasteiger partial charge in [-0.05, 0) is 17.7 Å². The third-order valence-electron chi connectivity index (χ3n) is 4.28. The van der Waals surface area contributed by atoms with Gasteiger partial charge in [0.2, 0.25) is 0 Å². The summed E-state index contributed by atoms with van der Waals surface area (Å²) in [5.74, 6) is -0.341. The van der Waals surface area contributed by atoms with Gasteiger partial charge >= 0.3 is 29.5 Å². The lowest BCUT2D eigenvalue weighted by atomic mass is 10.0. The monoisotopic (exact) mass is 567 g/mol. The van der Waals surface area contributed by atoms with Crippen molar-refractivity contribution in [3.05, 3.63) is 34.3 Å². The first-order valence-electron chi connectivity index (χ1n) is 8.64. The van der Waals surface area contributed by atoms with E-state index >= 15 is 4.39 Å². The van der Waals surface area contributed by atoms with Gasteiger partial charge in [-0.15, -0.1) is 5.10 Å². The van der Waals surface area contributed by atoms with E-state index < -0.39 is 60.3 Å². The summed E-state index contributed by atoms with van der Waals surface area (Å²) in [6, 6.07) is 2.39. The molecule has 6 atom stereocenters. The smallest absolute Gasteiger partial charge is 0.387 e. The van der Waals surface area contributed by atoms with Crippen LogP contribution in [0.5, 0.6) is 0 Å². The van der Waals surface area contributed by atoms with Crippen molar-refractivity contribution in [2.45, 2.75) is 24.1 Å². The molecule has 0 amide bonds. The maximum absolute atomic E-state index is 15.0. The SMILES string of the molecule is [N-]=[N+]=NC1(COP(=O)(O)OP(=O)(O)OP(=O)(O)O)O[C@@H](c2ccc3c(N)nc(F)nn23)[C@H](F)[C@@H]1O. The molecule has 1 saturated heterocycles. The van der Waals surface area contributed by atoms with E-state index in [1.165, 1.54) is 6.07 Å². The Morgan fingerprint density at radius 2 is 1.91 bits per heavy atom. The van der Waals surface area contributed by atoms with Crippen LogP contribution in [0.1, 0.15) is 11.8 Å². The number of aromatic nitrogens is 3.